The van der Waals surface area contributed by atoms with Gasteiger partial charge in [0.05, 0.1) is 16.2 Å². The van der Waals surface area contributed by atoms with Crippen LogP contribution in [0.25, 0.3) is 0 Å². The van der Waals surface area contributed by atoms with Crippen molar-refractivity contribution in [3.05, 3.63) is 65.2 Å². The Balaban J connectivity index is 2.18. The van der Waals surface area contributed by atoms with Crippen LogP contribution < -0.4 is 10.1 Å². The fourth-order valence-electron chi connectivity index (χ4n) is 2.96. The lowest BCUT2D eigenvalue weighted by Gasteiger charge is -2.24. The van der Waals surface area contributed by atoms with Crippen molar-refractivity contribution in [2.24, 2.45) is 5.41 Å². The third-order valence-corrected chi connectivity index (χ3v) is 5.77. The Kier molecular flexibility index (Phi) is 9.76. The molecule has 0 heterocycles. The summed E-state index contributed by atoms with van der Waals surface area (Å²) in [5, 5.41) is 1.94. The summed E-state index contributed by atoms with van der Waals surface area (Å²) in [5.74, 6) is -0.448. The van der Waals surface area contributed by atoms with Crippen LogP contribution in [0.5, 0.6) is 5.75 Å². The topological polar surface area (TPSA) is 81.7 Å². The third kappa shape index (κ3) is 8.61. The van der Waals surface area contributed by atoms with Gasteiger partial charge in [-0.15, -0.1) is 0 Å². The van der Waals surface area contributed by atoms with E-state index in [0.717, 1.165) is 29.5 Å². The maximum absolute atomic E-state index is 13.2. The summed E-state index contributed by atoms with van der Waals surface area (Å²) in [6.07, 6.45) is -5.29. The number of halogens is 3. The van der Waals surface area contributed by atoms with E-state index in [1.807, 2.05) is 0 Å². The van der Waals surface area contributed by atoms with Gasteiger partial charge in [-0.05, 0) is 62.6 Å². The van der Waals surface area contributed by atoms with Crippen molar-refractivity contribution in [1.82, 2.24) is 5.32 Å². The molecule has 0 aliphatic rings. The Morgan fingerprint density at radius 2 is 1.74 bits per heavy atom. The first-order valence-corrected chi connectivity index (χ1v) is 11.7. The van der Waals surface area contributed by atoms with E-state index >= 15 is 0 Å². The largest absolute Gasteiger partial charge is 0.489 e. The molecule has 0 saturated carbocycles. The standard InChI is InChI=1S/C25H28F3NO5S/c1-24(2,3)23(32)34-20(17-6-5-7-18(13-17)25(26,27)28)14-33-19-10-8-16(9-11-19)12-21(35-15-30)22(31)29-4/h5-11,13,15,20-21H,12,14H2,1-4H3,(H,29,31). The van der Waals surface area contributed by atoms with E-state index in [4.69, 9.17) is 9.47 Å². The van der Waals surface area contributed by atoms with Gasteiger partial charge >= 0.3 is 12.1 Å². The minimum Gasteiger partial charge on any atom is -0.489 e. The first kappa shape index (κ1) is 28.2. The van der Waals surface area contributed by atoms with Crippen molar-refractivity contribution >= 4 is 29.3 Å². The highest BCUT2D eigenvalue weighted by atomic mass is 32.2. The molecule has 0 fully saturated rings. The van der Waals surface area contributed by atoms with Crippen LogP contribution in [0.4, 0.5) is 13.2 Å². The molecule has 0 aromatic heterocycles. The average molecular weight is 512 g/mol. The highest BCUT2D eigenvalue weighted by Gasteiger charge is 2.32. The third-order valence-electron chi connectivity index (χ3n) is 4.95. The number of ether oxygens (including phenoxy) is 2. The molecule has 6 nitrogen and oxygen atoms in total. The molecule has 35 heavy (non-hydrogen) atoms. The molecule has 190 valence electrons. The van der Waals surface area contributed by atoms with E-state index in [2.05, 4.69) is 5.32 Å². The van der Waals surface area contributed by atoms with E-state index in [9.17, 15) is 27.6 Å². The number of hydrogen-bond donors (Lipinski definition) is 1. The number of thioether (sulfide) groups is 1. The minimum absolute atomic E-state index is 0.161. The molecule has 0 saturated heterocycles. The number of nitrogens with one attached hydrogen (secondary N) is 1. The molecule has 0 bridgehead atoms. The minimum atomic E-state index is -4.54. The molecule has 1 N–H and O–H groups in total. The number of hydrogen-bond acceptors (Lipinski definition) is 6. The van der Waals surface area contributed by atoms with Crippen molar-refractivity contribution in [3.63, 3.8) is 0 Å². The second kappa shape index (κ2) is 12.1. The molecule has 2 aromatic carbocycles. The second-order valence-corrected chi connectivity index (χ2v) is 9.80. The normalized spacial score (nSPS) is 13.5. The van der Waals surface area contributed by atoms with Crippen LogP contribution in [-0.2, 0) is 31.7 Å². The number of amides is 1. The van der Waals surface area contributed by atoms with Crippen molar-refractivity contribution in [1.29, 1.82) is 0 Å². The highest BCUT2D eigenvalue weighted by molar-refractivity contribution is 8.13. The van der Waals surface area contributed by atoms with Gasteiger partial charge in [0.25, 0.3) is 0 Å². The molecule has 2 atom stereocenters. The molecule has 1 amide bonds. The molecule has 10 heteroatoms. The Morgan fingerprint density at radius 3 is 2.29 bits per heavy atom. The van der Waals surface area contributed by atoms with Gasteiger partial charge in [-0.2, -0.15) is 13.2 Å². The predicted molar refractivity (Wildman–Crippen MR) is 128 cm³/mol. The van der Waals surface area contributed by atoms with Crippen molar-refractivity contribution in [2.45, 2.75) is 44.7 Å². The van der Waals surface area contributed by atoms with Crippen LogP contribution in [-0.4, -0.2) is 36.4 Å². The zero-order chi connectivity index (χ0) is 26.2. The van der Waals surface area contributed by atoms with Gasteiger partial charge in [-0.1, -0.05) is 36.0 Å². The number of alkyl halides is 3. The van der Waals surface area contributed by atoms with Gasteiger partial charge in [0.2, 0.25) is 5.91 Å². The smallest absolute Gasteiger partial charge is 0.416 e. The van der Waals surface area contributed by atoms with E-state index in [1.54, 1.807) is 45.0 Å². The van der Waals surface area contributed by atoms with Gasteiger partial charge in [0, 0.05) is 7.05 Å². The van der Waals surface area contributed by atoms with Crippen LogP contribution in [0.15, 0.2) is 48.5 Å². The molecule has 2 rings (SSSR count). The van der Waals surface area contributed by atoms with Gasteiger partial charge in [-0.3, -0.25) is 14.4 Å². The van der Waals surface area contributed by atoms with Crippen LogP contribution >= 0.6 is 11.8 Å². The molecule has 0 radical (unpaired) electrons. The van der Waals surface area contributed by atoms with Crippen LogP contribution in [0.2, 0.25) is 0 Å². The maximum Gasteiger partial charge on any atom is 0.416 e. The first-order valence-electron chi connectivity index (χ1n) is 10.8. The molecule has 0 aliphatic carbocycles. The lowest BCUT2D eigenvalue weighted by molar-refractivity contribution is -0.160. The highest BCUT2D eigenvalue weighted by Crippen LogP contribution is 2.32. The summed E-state index contributed by atoms with van der Waals surface area (Å²) >= 11 is 0.878. The van der Waals surface area contributed by atoms with Gasteiger partial charge < -0.3 is 14.8 Å². The summed E-state index contributed by atoms with van der Waals surface area (Å²) < 4.78 is 50.9. The SMILES string of the molecule is CNC(=O)C(Cc1ccc(OCC(OC(=O)C(C)(C)C)c2cccc(C(F)(F)F)c2)cc1)SC=O. The van der Waals surface area contributed by atoms with E-state index in [1.165, 1.54) is 19.2 Å². The lowest BCUT2D eigenvalue weighted by atomic mass is 9.97. The molecular formula is C25H28F3NO5S. The number of carbonyl (C=O) groups is 3. The van der Waals surface area contributed by atoms with Crippen molar-refractivity contribution in [2.75, 3.05) is 13.7 Å². The fourth-order valence-corrected chi connectivity index (χ4v) is 3.62. The summed E-state index contributed by atoms with van der Waals surface area (Å²) in [4.78, 5) is 35.2. The number of rotatable bonds is 10. The zero-order valence-corrected chi connectivity index (χ0v) is 20.7. The summed E-state index contributed by atoms with van der Waals surface area (Å²) in [6.45, 7) is 4.73. The number of esters is 1. The van der Waals surface area contributed by atoms with Gasteiger partial charge in [0.1, 0.15) is 12.4 Å². The molecule has 0 aliphatic heterocycles. The van der Waals surface area contributed by atoms with E-state index in [0.29, 0.717) is 17.8 Å². The lowest BCUT2D eigenvalue weighted by Crippen LogP contribution is -2.31. The van der Waals surface area contributed by atoms with Crippen molar-refractivity contribution in [3.8, 4) is 5.75 Å². The maximum atomic E-state index is 13.2. The van der Waals surface area contributed by atoms with E-state index < -0.39 is 34.5 Å². The first-order chi connectivity index (χ1) is 16.3. The Labute approximate surface area is 206 Å². The summed E-state index contributed by atoms with van der Waals surface area (Å²) in [7, 11) is 1.49. The van der Waals surface area contributed by atoms with Crippen molar-refractivity contribution < 1.29 is 37.0 Å². The molecular weight excluding hydrogens is 483 g/mol. The van der Waals surface area contributed by atoms with Crippen LogP contribution in [0, 0.1) is 5.41 Å². The summed E-state index contributed by atoms with van der Waals surface area (Å²) in [6, 6.07) is 11.3. The Hall–Kier alpha value is -3.01. The van der Waals surface area contributed by atoms with E-state index in [-0.39, 0.29) is 18.1 Å². The predicted octanol–water partition coefficient (Wildman–Crippen LogP) is 5.00. The Bertz CT molecular complexity index is 1020. The second-order valence-electron chi connectivity index (χ2n) is 8.76. The number of benzene rings is 2. The summed E-state index contributed by atoms with van der Waals surface area (Å²) in [5.41, 5.74) is -0.149. The van der Waals surface area contributed by atoms with Crippen LogP contribution in [0.3, 0.4) is 0 Å². The Morgan fingerprint density at radius 1 is 1.09 bits per heavy atom. The number of carbonyl (C=O) groups excluding carboxylic acids is 3. The monoisotopic (exact) mass is 511 g/mol. The molecule has 2 unspecified atom stereocenters. The molecule has 2 aromatic rings. The average Bonchev–Trinajstić information content (AvgIpc) is 2.80. The quantitative estimate of drug-likeness (QED) is 0.357. The molecule has 0 spiro atoms. The van der Waals surface area contributed by atoms with Gasteiger partial charge in [-0.25, -0.2) is 0 Å². The van der Waals surface area contributed by atoms with Crippen LogP contribution in [0.1, 0.15) is 43.6 Å². The van der Waals surface area contributed by atoms with Gasteiger partial charge in [0.15, 0.2) is 11.7 Å². The fraction of sp³-hybridized carbons (Fsp3) is 0.400. The zero-order valence-electron chi connectivity index (χ0n) is 19.8.